The number of phenolic OH excluding ortho intramolecular Hbond substituents is 1. The number of aryl methyl sites for hydroxylation is 2. The molecular formula is C34H42F3N5O4S2. The van der Waals surface area contributed by atoms with Gasteiger partial charge in [0.15, 0.2) is 0 Å². The van der Waals surface area contributed by atoms with Crippen LogP contribution >= 0.6 is 11.8 Å². The van der Waals surface area contributed by atoms with Crippen molar-refractivity contribution >= 4 is 27.7 Å². The Morgan fingerprint density at radius 3 is 2.48 bits per heavy atom. The number of carbonyl (C=O) groups excluding carboxylic acids is 1. The van der Waals surface area contributed by atoms with Gasteiger partial charge in [-0.3, -0.25) is 9.48 Å². The maximum atomic E-state index is 14.1. The van der Waals surface area contributed by atoms with Gasteiger partial charge in [0.25, 0.3) is 0 Å². The second-order valence-electron chi connectivity index (χ2n) is 12.9. The fraction of sp³-hybridized carbons (Fsp3) is 0.529. The number of carbonyl (C=O) groups is 1. The highest BCUT2D eigenvalue weighted by Crippen LogP contribution is 2.41. The normalized spacial score (nSPS) is 18.5. The minimum absolute atomic E-state index is 0.0635. The summed E-state index contributed by atoms with van der Waals surface area (Å²) in [5.74, 6) is 0.705. The third-order valence-electron chi connectivity index (χ3n) is 9.70. The highest BCUT2D eigenvalue weighted by atomic mass is 32.2. The number of fused-ring (bicyclic) bond motifs is 1. The lowest BCUT2D eigenvalue weighted by atomic mass is 10.0. The molecule has 1 amide bonds. The monoisotopic (exact) mass is 705 g/mol. The maximum absolute atomic E-state index is 14.1. The van der Waals surface area contributed by atoms with E-state index in [9.17, 15) is 31.5 Å². The van der Waals surface area contributed by atoms with Crippen molar-refractivity contribution in [1.29, 1.82) is 0 Å². The van der Waals surface area contributed by atoms with Gasteiger partial charge in [0.2, 0.25) is 15.9 Å². The number of rotatable bonds is 11. The van der Waals surface area contributed by atoms with E-state index in [0.29, 0.717) is 61.0 Å². The van der Waals surface area contributed by atoms with Gasteiger partial charge in [0.05, 0.1) is 17.5 Å². The molecule has 0 bridgehead atoms. The number of hydrogen-bond donors (Lipinski definition) is 1. The Hall–Kier alpha value is -3.07. The van der Waals surface area contributed by atoms with E-state index in [2.05, 4.69) is 4.90 Å². The number of hydrogen-bond acceptors (Lipinski definition) is 7. The lowest BCUT2D eigenvalue weighted by molar-refractivity contribution is -0.139. The van der Waals surface area contributed by atoms with E-state index >= 15 is 0 Å². The molecule has 0 atom stereocenters. The van der Waals surface area contributed by atoms with Gasteiger partial charge in [-0.2, -0.15) is 22.6 Å². The Labute approximate surface area is 284 Å². The van der Waals surface area contributed by atoms with Crippen molar-refractivity contribution in [3.63, 3.8) is 0 Å². The smallest absolute Gasteiger partial charge is 0.417 e. The van der Waals surface area contributed by atoms with Crippen molar-refractivity contribution in [3.8, 4) is 17.0 Å². The van der Waals surface area contributed by atoms with Crippen LogP contribution in [0.25, 0.3) is 11.3 Å². The van der Waals surface area contributed by atoms with Crippen molar-refractivity contribution in [1.82, 2.24) is 23.9 Å². The summed E-state index contributed by atoms with van der Waals surface area (Å²) in [6.45, 7) is 4.62. The molecule has 3 aliphatic rings. The summed E-state index contributed by atoms with van der Waals surface area (Å²) in [7, 11) is -3.49. The van der Waals surface area contributed by atoms with Crippen LogP contribution in [-0.4, -0.2) is 94.1 Å². The number of halogens is 3. The topological polar surface area (TPSA) is 99.0 Å². The van der Waals surface area contributed by atoms with E-state index in [1.54, 1.807) is 24.3 Å². The van der Waals surface area contributed by atoms with Crippen LogP contribution < -0.4 is 0 Å². The van der Waals surface area contributed by atoms with E-state index in [0.717, 1.165) is 80.9 Å². The van der Waals surface area contributed by atoms with Gasteiger partial charge < -0.3 is 14.9 Å². The molecule has 2 saturated heterocycles. The molecule has 2 aromatic carbocycles. The number of piperidine rings is 1. The van der Waals surface area contributed by atoms with Crippen LogP contribution in [0.1, 0.15) is 54.5 Å². The molecular weight excluding hydrogens is 664 g/mol. The van der Waals surface area contributed by atoms with Gasteiger partial charge in [0.1, 0.15) is 5.75 Å². The number of sulfonamides is 1. The number of nitrogens with zero attached hydrogens (tertiary/aromatic N) is 5. The SMILES string of the molecule is CS(=O)(=O)N1CCc2c(c(-c3ccc(C(F)(F)F)c(SCCc4ccccc4O)c3)nn2CCCN2CCC(N3CCCC3=O)CC2)C1. The molecule has 0 radical (unpaired) electrons. The largest absolute Gasteiger partial charge is 0.508 e. The van der Waals surface area contributed by atoms with Crippen molar-refractivity contribution in [2.24, 2.45) is 0 Å². The zero-order chi connectivity index (χ0) is 34.1. The molecule has 260 valence electrons. The zero-order valence-corrected chi connectivity index (χ0v) is 28.7. The zero-order valence-electron chi connectivity index (χ0n) is 27.1. The number of aromatic nitrogens is 2. The summed E-state index contributed by atoms with van der Waals surface area (Å²) in [6.07, 6.45) is 1.83. The van der Waals surface area contributed by atoms with Crippen LogP contribution in [-0.2, 0) is 46.9 Å². The summed E-state index contributed by atoms with van der Waals surface area (Å²) >= 11 is 1.07. The van der Waals surface area contributed by atoms with Crippen LogP contribution in [0.4, 0.5) is 13.2 Å². The molecule has 48 heavy (non-hydrogen) atoms. The first kappa shape index (κ1) is 34.8. The molecule has 0 unspecified atom stereocenters. The maximum Gasteiger partial charge on any atom is 0.417 e. The summed E-state index contributed by atoms with van der Waals surface area (Å²) in [5.41, 5.74) is 2.59. The standard InChI is InChI=1S/C34H42F3N5O4S2/c1-48(45,46)40-20-13-29-27(23-40)33(38-42(29)17-5-15-39-18-11-26(12-19-39)41-16-4-8-32(41)44)25-9-10-28(34(35,36)37)31(22-25)47-21-14-24-6-2-3-7-30(24)43/h2-3,6-7,9-10,22,26,43H,4-5,8,11-21,23H2,1H3. The second kappa shape index (κ2) is 14.4. The van der Waals surface area contributed by atoms with Crippen LogP contribution in [0.2, 0.25) is 0 Å². The van der Waals surface area contributed by atoms with E-state index in [1.165, 1.54) is 22.7 Å². The molecule has 2 fully saturated rings. The van der Waals surface area contributed by atoms with Crippen molar-refractivity contribution in [2.75, 3.05) is 44.7 Å². The van der Waals surface area contributed by atoms with Gasteiger partial charge in [-0.1, -0.05) is 24.3 Å². The van der Waals surface area contributed by atoms with E-state index in [1.807, 2.05) is 9.58 Å². The number of phenols is 1. The Balaban J connectivity index is 1.20. The Morgan fingerprint density at radius 2 is 1.79 bits per heavy atom. The minimum Gasteiger partial charge on any atom is -0.508 e. The van der Waals surface area contributed by atoms with Gasteiger partial charge in [0, 0.05) is 85.6 Å². The molecule has 0 saturated carbocycles. The first-order valence-electron chi connectivity index (χ1n) is 16.6. The quantitative estimate of drug-likeness (QED) is 0.267. The second-order valence-corrected chi connectivity index (χ2v) is 16.0. The third kappa shape index (κ3) is 7.87. The van der Waals surface area contributed by atoms with Crippen LogP contribution in [0.15, 0.2) is 47.4 Å². The number of amides is 1. The molecule has 4 heterocycles. The number of aromatic hydroxyl groups is 1. The fourth-order valence-electron chi connectivity index (χ4n) is 7.14. The molecule has 1 aromatic heterocycles. The Morgan fingerprint density at radius 1 is 1.02 bits per heavy atom. The average Bonchev–Trinajstić information content (AvgIpc) is 3.64. The Bertz CT molecular complexity index is 1740. The third-order valence-corrected chi connectivity index (χ3v) is 12.0. The van der Waals surface area contributed by atoms with Crippen LogP contribution in [0, 0.1) is 0 Å². The number of likely N-dealkylation sites (tertiary alicyclic amines) is 2. The molecule has 3 aromatic rings. The molecule has 0 aliphatic carbocycles. The van der Waals surface area contributed by atoms with Crippen LogP contribution in [0.5, 0.6) is 5.75 Å². The van der Waals surface area contributed by atoms with Gasteiger partial charge in [-0.15, -0.1) is 11.8 Å². The van der Waals surface area contributed by atoms with Crippen LogP contribution in [0.3, 0.4) is 0 Å². The van der Waals surface area contributed by atoms with Crippen molar-refractivity contribution in [2.45, 2.75) is 75.1 Å². The number of alkyl halides is 3. The van der Waals surface area contributed by atoms with E-state index in [-0.39, 0.29) is 23.1 Å². The highest BCUT2D eigenvalue weighted by Gasteiger charge is 2.35. The molecule has 9 nitrogen and oxygen atoms in total. The van der Waals surface area contributed by atoms with Gasteiger partial charge in [-0.05, 0) is 62.4 Å². The molecule has 14 heteroatoms. The van der Waals surface area contributed by atoms with Gasteiger partial charge >= 0.3 is 6.18 Å². The first-order valence-corrected chi connectivity index (χ1v) is 19.4. The lowest BCUT2D eigenvalue weighted by Crippen LogP contribution is -2.45. The fourth-order valence-corrected chi connectivity index (χ4v) is 9.01. The summed E-state index contributed by atoms with van der Waals surface area (Å²) in [6, 6.07) is 11.1. The van der Waals surface area contributed by atoms with Gasteiger partial charge in [-0.25, -0.2) is 8.42 Å². The van der Waals surface area contributed by atoms with E-state index in [4.69, 9.17) is 5.10 Å². The average molecular weight is 706 g/mol. The lowest BCUT2D eigenvalue weighted by Gasteiger charge is -2.36. The van der Waals surface area contributed by atoms with E-state index < -0.39 is 21.8 Å². The molecule has 3 aliphatic heterocycles. The Kier molecular flexibility index (Phi) is 10.4. The number of benzene rings is 2. The highest BCUT2D eigenvalue weighted by molar-refractivity contribution is 7.99. The van der Waals surface area contributed by atoms with Crippen molar-refractivity contribution < 1.29 is 31.5 Å². The minimum atomic E-state index is -4.56. The van der Waals surface area contributed by atoms with Crippen molar-refractivity contribution in [3.05, 3.63) is 64.8 Å². The predicted molar refractivity (Wildman–Crippen MR) is 179 cm³/mol. The molecule has 0 spiro atoms. The number of thioether (sulfide) groups is 1. The molecule has 1 N–H and O–H groups in total. The molecule has 6 rings (SSSR count). The summed E-state index contributed by atoms with van der Waals surface area (Å²) < 4.78 is 70.6. The summed E-state index contributed by atoms with van der Waals surface area (Å²) in [5, 5.41) is 15.0. The first-order chi connectivity index (χ1) is 22.9. The summed E-state index contributed by atoms with van der Waals surface area (Å²) in [4.78, 5) is 16.7. The predicted octanol–water partition coefficient (Wildman–Crippen LogP) is 5.40. The number of para-hydroxylation sites is 1.